The van der Waals surface area contributed by atoms with Gasteiger partial charge in [0, 0.05) is 0 Å². The van der Waals surface area contributed by atoms with E-state index < -0.39 is 165 Å². The van der Waals surface area contributed by atoms with Crippen LogP contribution in [0.5, 0.6) is 0 Å². The molecule has 0 amide bonds. The van der Waals surface area contributed by atoms with Crippen molar-refractivity contribution in [3.05, 3.63) is 11.6 Å². The van der Waals surface area contributed by atoms with E-state index in [0.717, 1.165) is 64.2 Å². The lowest BCUT2D eigenvalue weighted by atomic mass is 9.33. The van der Waals surface area contributed by atoms with Gasteiger partial charge in [-0.1, -0.05) is 99.1 Å². The summed E-state index contributed by atoms with van der Waals surface area (Å²) in [5, 5.41) is 130. The molecule has 4 aliphatic heterocycles. The Kier molecular flexibility index (Phi) is 20.3. The van der Waals surface area contributed by atoms with Crippen LogP contribution in [0.3, 0.4) is 0 Å². The number of carbonyl (C=O) groups is 2. The van der Waals surface area contributed by atoms with Gasteiger partial charge in [-0.05, 0) is 115 Å². The monoisotopic (exact) mass is 1200 g/mol. The van der Waals surface area contributed by atoms with E-state index in [-0.39, 0.29) is 46.0 Å². The first-order valence-corrected chi connectivity index (χ1v) is 31.2. The highest BCUT2D eigenvalue weighted by atomic mass is 16.8. The van der Waals surface area contributed by atoms with Crippen LogP contribution in [0.25, 0.3) is 0 Å². The first-order chi connectivity index (χ1) is 39.5. The van der Waals surface area contributed by atoms with Gasteiger partial charge in [-0.3, -0.25) is 4.79 Å². The Bertz CT molecular complexity index is 2280. The van der Waals surface area contributed by atoms with Crippen molar-refractivity contribution < 1.29 is 113 Å². The van der Waals surface area contributed by atoms with Crippen molar-refractivity contribution in [1.29, 1.82) is 0 Å². The Balaban J connectivity index is 1.00. The summed E-state index contributed by atoms with van der Waals surface area (Å²) in [6.45, 7) is 16.1. The SMILES string of the molecule is CCCCCCCCOC(=O)[C@H]1O[C@@H](O[C@H]2CC[C@]3(C)[C@H]4CC=C5[C@@H]6CC(C)(C)CC[C@]6(C(=O)O[C@@H]6O[C@H](CO)[C@@H](O)[C@H](O)[C@H]6O)CC[C@@]5(C)[C@]4(C)CC[C@H]3C2(C)C)[C@H](O[C@@H]2OC[C@@H](O)[C@H](O)[C@H]2O)[C@@H](O[C@@H]2O[C@H](CO)[C@H](O)[C@H](O)[C@H]2O)[C@@H]1O. The lowest BCUT2D eigenvalue weighted by Gasteiger charge is -2.71. The Labute approximate surface area is 493 Å². The van der Waals surface area contributed by atoms with Crippen LogP contribution < -0.4 is 0 Å². The number of hydrogen-bond acceptors (Lipinski definition) is 23. The number of rotatable bonds is 18. The van der Waals surface area contributed by atoms with Crippen molar-refractivity contribution in [3.8, 4) is 0 Å². The number of allylic oxidation sites excluding steroid dienone is 2. The highest BCUT2D eigenvalue weighted by Crippen LogP contribution is 2.76. The highest BCUT2D eigenvalue weighted by Gasteiger charge is 2.70. The molecule has 0 radical (unpaired) electrons. The molecule has 4 heterocycles. The third-order valence-electron chi connectivity index (χ3n) is 22.7. The zero-order chi connectivity index (χ0) is 61.2. The third-order valence-corrected chi connectivity index (χ3v) is 22.7. The number of fused-ring (bicyclic) bond motifs is 7. The zero-order valence-corrected chi connectivity index (χ0v) is 50.4. The molecular weight excluding hydrogens is 1100 g/mol. The molecule has 5 aliphatic carbocycles. The number of ether oxygens (including phenoxy) is 9. The molecule has 0 spiro atoms. The summed E-state index contributed by atoms with van der Waals surface area (Å²) in [6, 6.07) is 0. The van der Waals surface area contributed by atoms with Crippen LogP contribution in [-0.2, 0) is 52.2 Å². The van der Waals surface area contributed by atoms with Gasteiger partial charge in [0.15, 0.2) is 25.0 Å². The van der Waals surface area contributed by atoms with Gasteiger partial charge in [-0.25, -0.2) is 4.79 Å². The standard InChI is InChI=1S/C61H100O23/c1-9-10-11-12-13-14-25-76-50(74)48-46(73)47(81-52-44(71)41(68)39(66)33(27-62)78-52)49(83-51-43(70)38(65)32(64)29-77-51)54(82-48)80-37-18-19-58(6)35(57(37,4)5)17-20-60(8)36(58)16-15-30-31-26-56(2,3)21-23-61(31,24-22-59(30,60)7)55(75)84-53-45(72)42(69)40(67)34(28-63)79-53/h15,31-49,51-54,62-73H,9-14,16-29H2,1-8H3/t31-,32+,33+,34+,35-,36+,37-,38-,39-,40+,41-,42-,43+,44+,45+,46-,47-,48-,49+,51-,52-,53-,54+,58-,59+,60+,61-/m0/s1. The van der Waals surface area contributed by atoms with Crippen LogP contribution in [0.4, 0.5) is 0 Å². The van der Waals surface area contributed by atoms with Crippen LogP contribution in [-0.4, -0.2) is 222 Å². The van der Waals surface area contributed by atoms with Gasteiger partial charge in [0.25, 0.3) is 0 Å². The Morgan fingerprint density at radius 3 is 1.87 bits per heavy atom. The quantitative estimate of drug-likeness (QED) is 0.0400. The molecule has 12 N–H and O–H groups in total. The molecule has 23 heteroatoms. The maximum atomic E-state index is 14.9. The fourth-order valence-corrected chi connectivity index (χ4v) is 17.3. The molecule has 4 saturated heterocycles. The first-order valence-electron chi connectivity index (χ1n) is 31.2. The molecule has 27 atom stereocenters. The Morgan fingerprint density at radius 1 is 0.595 bits per heavy atom. The third kappa shape index (κ3) is 11.9. The van der Waals surface area contributed by atoms with E-state index in [4.69, 9.17) is 42.6 Å². The van der Waals surface area contributed by atoms with Crippen LogP contribution in [0.15, 0.2) is 11.6 Å². The highest BCUT2D eigenvalue weighted by molar-refractivity contribution is 5.79. The summed E-state index contributed by atoms with van der Waals surface area (Å²) >= 11 is 0. The van der Waals surface area contributed by atoms with Crippen LogP contribution in [0.1, 0.15) is 158 Å². The van der Waals surface area contributed by atoms with E-state index >= 15 is 0 Å². The van der Waals surface area contributed by atoms with Gasteiger partial charge >= 0.3 is 11.9 Å². The van der Waals surface area contributed by atoms with Gasteiger partial charge in [0.2, 0.25) is 6.29 Å². The number of esters is 2. The molecule has 9 rings (SSSR count). The van der Waals surface area contributed by atoms with Gasteiger partial charge in [-0.2, -0.15) is 0 Å². The van der Waals surface area contributed by atoms with Crippen molar-refractivity contribution in [2.75, 3.05) is 26.4 Å². The van der Waals surface area contributed by atoms with E-state index in [0.29, 0.717) is 38.5 Å². The second-order valence-corrected chi connectivity index (χ2v) is 28.5. The van der Waals surface area contributed by atoms with E-state index in [1.165, 1.54) is 5.57 Å². The van der Waals surface area contributed by atoms with Gasteiger partial charge < -0.3 is 104 Å². The molecule has 0 unspecified atom stereocenters. The van der Waals surface area contributed by atoms with Crippen LogP contribution >= 0.6 is 0 Å². The Morgan fingerprint density at radius 2 is 1.20 bits per heavy atom. The summed E-state index contributed by atoms with van der Waals surface area (Å²) in [7, 11) is 0. The van der Waals surface area contributed by atoms with E-state index in [1.807, 2.05) is 0 Å². The number of hydrogen-bond donors (Lipinski definition) is 12. The zero-order valence-electron chi connectivity index (χ0n) is 50.4. The molecule has 9 aliphatic rings. The molecule has 0 aromatic rings. The summed E-state index contributed by atoms with van der Waals surface area (Å²) < 4.78 is 55.3. The van der Waals surface area contributed by atoms with Gasteiger partial charge in [0.05, 0.1) is 37.9 Å². The molecule has 8 fully saturated rings. The second kappa shape index (κ2) is 25.7. The maximum absolute atomic E-state index is 14.9. The number of unbranched alkanes of at least 4 members (excludes halogenated alkanes) is 5. The number of aliphatic hydroxyl groups is 12. The van der Waals surface area contributed by atoms with Crippen molar-refractivity contribution in [3.63, 3.8) is 0 Å². The van der Waals surface area contributed by atoms with Crippen molar-refractivity contribution in [2.24, 2.45) is 50.2 Å². The fraction of sp³-hybridized carbons (Fsp3) is 0.934. The van der Waals surface area contributed by atoms with E-state index in [9.17, 15) is 70.9 Å². The lowest BCUT2D eigenvalue weighted by Crippen LogP contribution is -2.68. The molecule has 0 aromatic heterocycles. The molecule has 84 heavy (non-hydrogen) atoms. The minimum absolute atomic E-state index is 0.00682. The molecule has 0 aromatic carbocycles. The van der Waals surface area contributed by atoms with E-state index in [1.54, 1.807) is 0 Å². The minimum atomic E-state index is -1.97. The molecular formula is C61H100O23. The van der Waals surface area contributed by atoms with Crippen molar-refractivity contribution in [2.45, 2.75) is 281 Å². The van der Waals surface area contributed by atoms with Crippen LogP contribution in [0.2, 0.25) is 0 Å². The first kappa shape index (κ1) is 66.3. The largest absolute Gasteiger partial charge is 0.464 e. The predicted molar refractivity (Wildman–Crippen MR) is 294 cm³/mol. The summed E-state index contributed by atoms with van der Waals surface area (Å²) in [4.78, 5) is 29.1. The van der Waals surface area contributed by atoms with Crippen LogP contribution in [0, 0.1) is 50.2 Å². The topological polar surface area (TPSA) is 360 Å². The van der Waals surface area contributed by atoms with Gasteiger partial charge in [-0.15, -0.1) is 0 Å². The lowest BCUT2D eigenvalue weighted by molar-refractivity contribution is -0.391. The fourth-order valence-electron chi connectivity index (χ4n) is 17.3. The van der Waals surface area contributed by atoms with Gasteiger partial charge in [0.1, 0.15) is 85.5 Å². The van der Waals surface area contributed by atoms with Crippen molar-refractivity contribution >= 4 is 11.9 Å². The normalized spacial score (nSPS) is 49.0. The molecule has 482 valence electrons. The molecule has 4 saturated carbocycles. The average Bonchev–Trinajstić information content (AvgIpc) is 0.703. The smallest absolute Gasteiger partial charge is 0.338 e. The number of carbonyl (C=O) groups excluding carboxylic acids is 2. The van der Waals surface area contributed by atoms with Crippen molar-refractivity contribution in [1.82, 2.24) is 0 Å². The second-order valence-electron chi connectivity index (χ2n) is 28.5. The summed E-state index contributed by atoms with van der Waals surface area (Å²) in [5.41, 5.74) is -1.35. The number of aliphatic hydroxyl groups excluding tert-OH is 12. The predicted octanol–water partition coefficient (Wildman–Crippen LogP) is 1.52. The summed E-state index contributed by atoms with van der Waals surface area (Å²) in [6.07, 6.45) is -18.5. The summed E-state index contributed by atoms with van der Waals surface area (Å²) in [5.74, 6) is -1.50. The average molecular weight is 1200 g/mol. The minimum Gasteiger partial charge on any atom is -0.464 e. The Hall–Kier alpha value is -2.08. The molecule has 0 bridgehead atoms. The molecule has 23 nitrogen and oxygen atoms in total. The maximum Gasteiger partial charge on any atom is 0.338 e. The van der Waals surface area contributed by atoms with E-state index in [2.05, 4.69) is 61.5 Å².